The summed E-state index contributed by atoms with van der Waals surface area (Å²) in [5.41, 5.74) is 0.108. The van der Waals surface area contributed by atoms with E-state index in [2.05, 4.69) is 15.6 Å². The number of carbonyl (C=O) groups excluding carboxylic acids is 2. The molecular formula is C17H18ClN3O2. The number of anilines is 1. The van der Waals surface area contributed by atoms with Crippen molar-refractivity contribution in [3.8, 4) is 0 Å². The standard InChI is InChI=1S/C17H18ClN3O2/c1-17(2,15(22)20-11-12-6-5-9-19-10-12)16(23)21-14-8-4-3-7-13(14)18/h3-10H,11H2,1-2H3,(H,20,22)(H,21,23). The second-order valence-corrected chi connectivity index (χ2v) is 6.01. The third-order valence-electron chi connectivity index (χ3n) is 3.43. The number of para-hydroxylation sites is 1. The summed E-state index contributed by atoms with van der Waals surface area (Å²) in [6.45, 7) is 3.45. The normalized spacial score (nSPS) is 10.9. The summed E-state index contributed by atoms with van der Waals surface area (Å²) < 4.78 is 0. The zero-order valence-electron chi connectivity index (χ0n) is 13.0. The van der Waals surface area contributed by atoms with Crippen LogP contribution in [0, 0.1) is 5.41 Å². The van der Waals surface area contributed by atoms with Crippen molar-refractivity contribution in [1.82, 2.24) is 10.3 Å². The molecule has 1 aromatic heterocycles. The van der Waals surface area contributed by atoms with Crippen LogP contribution in [-0.4, -0.2) is 16.8 Å². The highest BCUT2D eigenvalue weighted by atomic mass is 35.5. The molecule has 2 rings (SSSR count). The van der Waals surface area contributed by atoms with Crippen molar-refractivity contribution in [3.05, 3.63) is 59.4 Å². The number of rotatable bonds is 5. The van der Waals surface area contributed by atoms with Crippen LogP contribution in [0.15, 0.2) is 48.8 Å². The second-order valence-electron chi connectivity index (χ2n) is 5.60. The lowest BCUT2D eigenvalue weighted by atomic mass is 9.91. The molecule has 2 amide bonds. The van der Waals surface area contributed by atoms with Gasteiger partial charge in [0.1, 0.15) is 5.41 Å². The monoisotopic (exact) mass is 331 g/mol. The number of nitrogens with one attached hydrogen (secondary N) is 2. The van der Waals surface area contributed by atoms with Crippen LogP contribution in [0.25, 0.3) is 0 Å². The Hall–Kier alpha value is -2.40. The SMILES string of the molecule is CC(C)(C(=O)NCc1cccnc1)C(=O)Nc1ccccc1Cl. The summed E-state index contributed by atoms with van der Waals surface area (Å²) in [4.78, 5) is 28.7. The van der Waals surface area contributed by atoms with Crippen LogP contribution in [0.4, 0.5) is 5.69 Å². The lowest BCUT2D eigenvalue weighted by Gasteiger charge is -2.23. The van der Waals surface area contributed by atoms with Crippen LogP contribution in [0.3, 0.4) is 0 Å². The molecule has 0 aliphatic rings. The molecule has 0 aliphatic carbocycles. The van der Waals surface area contributed by atoms with Gasteiger partial charge in [-0.05, 0) is 37.6 Å². The van der Waals surface area contributed by atoms with Crippen molar-refractivity contribution < 1.29 is 9.59 Å². The zero-order valence-corrected chi connectivity index (χ0v) is 13.7. The molecule has 0 saturated heterocycles. The Morgan fingerprint density at radius 3 is 2.52 bits per heavy atom. The number of hydrogen-bond acceptors (Lipinski definition) is 3. The maximum atomic E-state index is 12.4. The fourth-order valence-corrected chi connectivity index (χ4v) is 2.03. The van der Waals surface area contributed by atoms with Gasteiger partial charge in [-0.1, -0.05) is 29.8 Å². The van der Waals surface area contributed by atoms with Gasteiger partial charge in [0.05, 0.1) is 10.7 Å². The quantitative estimate of drug-likeness (QED) is 0.827. The Kier molecular flexibility index (Phi) is 5.34. The largest absolute Gasteiger partial charge is 0.351 e. The molecule has 6 heteroatoms. The maximum Gasteiger partial charge on any atom is 0.239 e. The number of pyridine rings is 1. The van der Waals surface area contributed by atoms with Gasteiger partial charge in [-0.15, -0.1) is 0 Å². The van der Waals surface area contributed by atoms with Crippen LogP contribution in [0.1, 0.15) is 19.4 Å². The average Bonchev–Trinajstić information content (AvgIpc) is 2.55. The van der Waals surface area contributed by atoms with E-state index in [9.17, 15) is 9.59 Å². The first kappa shape index (κ1) is 17.0. The van der Waals surface area contributed by atoms with Gasteiger partial charge in [-0.2, -0.15) is 0 Å². The molecule has 120 valence electrons. The van der Waals surface area contributed by atoms with Gasteiger partial charge < -0.3 is 10.6 Å². The third-order valence-corrected chi connectivity index (χ3v) is 3.76. The number of halogens is 1. The first-order chi connectivity index (χ1) is 10.9. The van der Waals surface area contributed by atoms with E-state index in [1.807, 2.05) is 6.07 Å². The molecule has 2 N–H and O–H groups in total. The molecule has 0 aliphatic heterocycles. The minimum absolute atomic E-state index is 0.315. The van der Waals surface area contributed by atoms with E-state index >= 15 is 0 Å². The molecule has 0 fully saturated rings. The lowest BCUT2D eigenvalue weighted by molar-refractivity contribution is -0.138. The van der Waals surface area contributed by atoms with Gasteiger partial charge >= 0.3 is 0 Å². The molecule has 2 aromatic rings. The molecular weight excluding hydrogens is 314 g/mol. The van der Waals surface area contributed by atoms with Crippen molar-refractivity contribution in [1.29, 1.82) is 0 Å². The topological polar surface area (TPSA) is 71.1 Å². The zero-order chi connectivity index (χ0) is 16.9. The van der Waals surface area contributed by atoms with Crippen LogP contribution < -0.4 is 10.6 Å². The van der Waals surface area contributed by atoms with Crippen LogP contribution in [0.2, 0.25) is 5.02 Å². The molecule has 0 atom stereocenters. The number of hydrogen-bond donors (Lipinski definition) is 2. The first-order valence-corrected chi connectivity index (χ1v) is 7.52. The van der Waals surface area contributed by atoms with E-state index in [1.54, 1.807) is 56.6 Å². The fraction of sp³-hybridized carbons (Fsp3) is 0.235. The van der Waals surface area contributed by atoms with E-state index in [0.717, 1.165) is 5.56 Å². The Balaban J connectivity index is 2.00. The number of benzene rings is 1. The first-order valence-electron chi connectivity index (χ1n) is 7.14. The number of aromatic nitrogens is 1. The van der Waals surface area contributed by atoms with Crippen molar-refractivity contribution in [3.63, 3.8) is 0 Å². The number of amides is 2. The van der Waals surface area contributed by atoms with Gasteiger partial charge in [0.25, 0.3) is 0 Å². The number of nitrogens with zero attached hydrogens (tertiary/aromatic N) is 1. The lowest BCUT2D eigenvalue weighted by Crippen LogP contribution is -2.44. The van der Waals surface area contributed by atoms with Gasteiger partial charge in [-0.3, -0.25) is 14.6 Å². The molecule has 0 unspecified atom stereocenters. The van der Waals surface area contributed by atoms with Gasteiger partial charge in [0.15, 0.2) is 0 Å². The molecule has 0 radical (unpaired) electrons. The predicted octanol–water partition coefficient (Wildman–Crippen LogP) is 3.02. The maximum absolute atomic E-state index is 12.4. The molecule has 1 aromatic carbocycles. The van der Waals surface area contributed by atoms with Crippen LogP contribution in [-0.2, 0) is 16.1 Å². The Morgan fingerprint density at radius 2 is 1.87 bits per heavy atom. The van der Waals surface area contributed by atoms with Crippen molar-refractivity contribution in [2.24, 2.45) is 5.41 Å². The Morgan fingerprint density at radius 1 is 1.13 bits per heavy atom. The Bertz CT molecular complexity index is 702. The fourth-order valence-electron chi connectivity index (χ4n) is 1.85. The van der Waals surface area contributed by atoms with Gasteiger partial charge in [0.2, 0.25) is 11.8 Å². The summed E-state index contributed by atoms with van der Waals surface area (Å²) in [5.74, 6) is -0.791. The summed E-state index contributed by atoms with van der Waals surface area (Å²) in [6.07, 6.45) is 3.32. The van der Waals surface area contributed by atoms with Crippen molar-refractivity contribution in [2.75, 3.05) is 5.32 Å². The van der Waals surface area contributed by atoms with E-state index in [0.29, 0.717) is 17.3 Å². The summed E-state index contributed by atoms with van der Waals surface area (Å²) >= 11 is 6.02. The minimum atomic E-state index is -1.23. The van der Waals surface area contributed by atoms with Crippen molar-refractivity contribution in [2.45, 2.75) is 20.4 Å². The van der Waals surface area contributed by atoms with Gasteiger partial charge in [-0.25, -0.2) is 0 Å². The van der Waals surface area contributed by atoms with E-state index in [-0.39, 0.29) is 5.91 Å². The van der Waals surface area contributed by atoms with E-state index in [1.165, 1.54) is 0 Å². The second kappa shape index (κ2) is 7.24. The van der Waals surface area contributed by atoms with Crippen LogP contribution >= 0.6 is 11.6 Å². The summed E-state index contributed by atoms with van der Waals surface area (Å²) in [7, 11) is 0. The number of carbonyl (C=O) groups is 2. The minimum Gasteiger partial charge on any atom is -0.351 e. The highest BCUT2D eigenvalue weighted by Gasteiger charge is 2.36. The Labute approximate surface area is 140 Å². The summed E-state index contributed by atoms with van der Waals surface area (Å²) in [6, 6.07) is 10.5. The van der Waals surface area contributed by atoms with Gasteiger partial charge in [0, 0.05) is 18.9 Å². The molecule has 0 saturated carbocycles. The van der Waals surface area contributed by atoms with E-state index < -0.39 is 11.3 Å². The highest BCUT2D eigenvalue weighted by Crippen LogP contribution is 2.24. The molecule has 1 heterocycles. The highest BCUT2D eigenvalue weighted by molar-refractivity contribution is 6.33. The third kappa shape index (κ3) is 4.29. The van der Waals surface area contributed by atoms with Crippen LogP contribution in [0.5, 0.6) is 0 Å². The molecule has 23 heavy (non-hydrogen) atoms. The van der Waals surface area contributed by atoms with E-state index in [4.69, 9.17) is 11.6 Å². The average molecular weight is 332 g/mol. The predicted molar refractivity (Wildman–Crippen MR) is 89.9 cm³/mol. The molecule has 5 nitrogen and oxygen atoms in total. The summed E-state index contributed by atoms with van der Waals surface area (Å²) in [5, 5.41) is 5.86. The smallest absolute Gasteiger partial charge is 0.239 e. The molecule has 0 spiro atoms. The molecule has 0 bridgehead atoms. The van der Waals surface area contributed by atoms with Crippen molar-refractivity contribution >= 4 is 29.1 Å².